The molecule has 1 fully saturated rings. The summed E-state index contributed by atoms with van der Waals surface area (Å²) < 4.78 is 0. The van der Waals surface area contributed by atoms with Crippen LogP contribution < -0.4 is 11.1 Å². The number of nitrogens with zero attached hydrogens (tertiary/aromatic N) is 2. The van der Waals surface area contributed by atoms with Crippen molar-refractivity contribution in [1.29, 1.82) is 0 Å². The van der Waals surface area contributed by atoms with Crippen LogP contribution in [0.25, 0.3) is 0 Å². The summed E-state index contributed by atoms with van der Waals surface area (Å²) >= 11 is 0. The first-order chi connectivity index (χ1) is 9.88. The Morgan fingerprint density at radius 3 is 2.86 bits per heavy atom. The monoisotopic (exact) mass is 292 g/mol. The molecule has 3 N–H and O–H groups in total. The summed E-state index contributed by atoms with van der Waals surface area (Å²) in [5, 5.41) is 13.9. The Hall–Kier alpha value is -2.15. The van der Waals surface area contributed by atoms with Crippen molar-refractivity contribution < 1.29 is 9.72 Å². The number of carbonyl (C=O) groups is 1. The van der Waals surface area contributed by atoms with Crippen molar-refractivity contribution in [3.8, 4) is 0 Å². The molecule has 1 aromatic rings. The summed E-state index contributed by atoms with van der Waals surface area (Å²) in [5.41, 5.74) is 5.77. The van der Waals surface area contributed by atoms with Crippen molar-refractivity contribution >= 4 is 17.3 Å². The van der Waals surface area contributed by atoms with Crippen molar-refractivity contribution in [2.75, 3.05) is 25.9 Å². The minimum atomic E-state index is -0.563. The van der Waals surface area contributed by atoms with Gasteiger partial charge in [0.25, 0.3) is 11.6 Å². The van der Waals surface area contributed by atoms with E-state index in [1.807, 2.05) is 7.05 Å². The quantitative estimate of drug-likeness (QED) is 0.496. The molecule has 0 aliphatic carbocycles. The Labute approximate surface area is 123 Å². The fraction of sp³-hybridized carbons (Fsp3) is 0.500. The van der Waals surface area contributed by atoms with E-state index in [4.69, 9.17) is 5.73 Å². The zero-order valence-electron chi connectivity index (χ0n) is 12.2. The molecule has 114 valence electrons. The molecule has 7 heteroatoms. The smallest absolute Gasteiger partial charge is 0.282 e. The number of nitro benzene ring substituents is 1. The van der Waals surface area contributed by atoms with E-state index in [0.717, 1.165) is 19.5 Å². The standard InChI is InChI=1S/C14H20N4O3/c1-9-8-17(2)6-5-12(9)16-14(19)11-7-10(15)3-4-13(11)18(20)21/h3-4,7,9,12H,5-6,8,15H2,1-2H3,(H,16,19). The highest BCUT2D eigenvalue weighted by atomic mass is 16.6. The normalized spacial score (nSPS) is 22.8. The highest BCUT2D eigenvalue weighted by Gasteiger charge is 2.28. The number of hydrogen-bond donors (Lipinski definition) is 2. The molecule has 1 amide bonds. The number of benzene rings is 1. The molecule has 2 atom stereocenters. The van der Waals surface area contributed by atoms with E-state index >= 15 is 0 Å². The number of likely N-dealkylation sites (tertiary alicyclic amines) is 1. The zero-order valence-corrected chi connectivity index (χ0v) is 12.2. The summed E-state index contributed by atoms with van der Waals surface area (Å²) in [4.78, 5) is 25.0. The van der Waals surface area contributed by atoms with Gasteiger partial charge in [-0.3, -0.25) is 14.9 Å². The molecule has 1 aliphatic rings. The molecule has 0 aromatic heterocycles. The summed E-state index contributed by atoms with van der Waals surface area (Å²) in [6, 6.07) is 4.07. The molecular formula is C14H20N4O3. The number of amides is 1. The van der Waals surface area contributed by atoms with Gasteiger partial charge in [-0.2, -0.15) is 0 Å². The number of anilines is 1. The van der Waals surface area contributed by atoms with E-state index < -0.39 is 10.8 Å². The van der Waals surface area contributed by atoms with Crippen LogP contribution in [0.5, 0.6) is 0 Å². The Bertz CT molecular complexity index is 561. The van der Waals surface area contributed by atoms with Gasteiger partial charge in [0, 0.05) is 24.3 Å². The molecule has 0 spiro atoms. The minimum Gasteiger partial charge on any atom is -0.399 e. The van der Waals surface area contributed by atoms with Gasteiger partial charge in [0.2, 0.25) is 0 Å². The number of carbonyl (C=O) groups excluding carboxylic acids is 1. The third-order valence-electron chi connectivity index (χ3n) is 3.89. The number of nitrogens with two attached hydrogens (primary N) is 1. The van der Waals surface area contributed by atoms with Gasteiger partial charge in [0.1, 0.15) is 5.56 Å². The van der Waals surface area contributed by atoms with Crippen LogP contribution in [0.3, 0.4) is 0 Å². The van der Waals surface area contributed by atoms with Gasteiger partial charge in [-0.05, 0) is 38.1 Å². The number of nitrogens with one attached hydrogen (secondary N) is 1. The lowest BCUT2D eigenvalue weighted by atomic mass is 9.94. The van der Waals surface area contributed by atoms with E-state index in [0.29, 0.717) is 11.6 Å². The van der Waals surface area contributed by atoms with Gasteiger partial charge >= 0.3 is 0 Å². The average molecular weight is 292 g/mol. The maximum absolute atomic E-state index is 12.3. The van der Waals surface area contributed by atoms with Crippen LogP contribution in [0, 0.1) is 16.0 Å². The number of nitrogen functional groups attached to an aromatic ring is 1. The van der Waals surface area contributed by atoms with Gasteiger partial charge in [-0.1, -0.05) is 6.92 Å². The molecule has 1 aliphatic heterocycles. The third kappa shape index (κ3) is 3.49. The van der Waals surface area contributed by atoms with Crippen LogP contribution in [0.15, 0.2) is 18.2 Å². The highest BCUT2D eigenvalue weighted by Crippen LogP contribution is 2.22. The molecule has 1 saturated heterocycles. The number of hydrogen-bond acceptors (Lipinski definition) is 5. The first kappa shape index (κ1) is 15.2. The van der Waals surface area contributed by atoms with Gasteiger partial charge in [0.15, 0.2) is 0 Å². The molecule has 1 heterocycles. The van der Waals surface area contributed by atoms with Crippen LogP contribution in [-0.2, 0) is 0 Å². The zero-order chi connectivity index (χ0) is 15.6. The summed E-state index contributed by atoms with van der Waals surface area (Å²) in [6.45, 7) is 3.85. The predicted molar refractivity (Wildman–Crippen MR) is 80.0 cm³/mol. The van der Waals surface area contributed by atoms with Crippen molar-refractivity contribution in [3.63, 3.8) is 0 Å². The molecule has 1 aromatic carbocycles. The predicted octanol–water partition coefficient (Wildman–Crippen LogP) is 1.25. The Morgan fingerprint density at radius 1 is 1.52 bits per heavy atom. The molecule has 2 unspecified atom stereocenters. The van der Waals surface area contributed by atoms with Crippen molar-refractivity contribution in [2.24, 2.45) is 5.92 Å². The van der Waals surface area contributed by atoms with Crippen LogP contribution in [0.1, 0.15) is 23.7 Å². The Kier molecular flexibility index (Phi) is 4.42. The molecular weight excluding hydrogens is 272 g/mol. The summed E-state index contributed by atoms with van der Waals surface area (Å²) in [7, 11) is 2.04. The lowest BCUT2D eigenvalue weighted by Crippen LogP contribution is -2.48. The molecule has 2 rings (SSSR count). The molecule has 0 saturated carbocycles. The van der Waals surface area contributed by atoms with E-state index in [2.05, 4.69) is 17.1 Å². The van der Waals surface area contributed by atoms with Crippen molar-refractivity contribution in [1.82, 2.24) is 10.2 Å². The van der Waals surface area contributed by atoms with Crippen LogP contribution >= 0.6 is 0 Å². The van der Waals surface area contributed by atoms with Crippen molar-refractivity contribution in [2.45, 2.75) is 19.4 Å². The van der Waals surface area contributed by atoms with Gasteiger partial charge in [0.05, 0.1) is 4.92 Å². The van der Waals surface area contributed by atoms with Crippen LogP contribution in [-0.4, -0.2) is 41.9 Å². The average Bonchev–Trinajstić information content (AvgIpc) is 2.41. The third-order valence-corrected chi connectivity index (χ3v) is 3.89. The Morgan fingerprint density at radius 2 is 2.24 bits per heavy atom. The number of piperidine rings is 1. The highest BCUT2D eigenvalue weighted by molar-refractivity contribution is 5.99. The van der Waals surface area contributed by atoms with E-state index in [9.17, 15) is 14.9 Å². The van der Waals surface area contributed by atoms with Crippen LogP contribution in [0.2, 0.25) is 0 Å². The number of rotatable bonds is 3. The van der Waals surface area contributed by atoms with Crippen molar-refractivity contribution in [3.05, 3.63) is 33.9 Å². The lowest BCUT2D eigenvalue weighted by Gasteiger charge is -2.35. The Balaban J connectivity index is 2.17. The minimum absolute atomic E-state index is 0.0196. The first-order valence-corrected chi connectivity index (χ1v) is 6.92. The second-order valence-electron chi connectivity index (χ2n) is 5.64. The van der Waals surface area contributed by atoms with E-state index in [1.54, 1.807) is 0 Å². The van der Waals surface area contributed by atoms with Gasteiger partial charge in [-0.25, -0.2) is 0 Å². The summed E-state index contributed by atoms with van der Waals surface area (Å²) in [5.74, 6) is -0.136. The van der Waals surface area contributed by atoms with E-state index in [-0.39, 0.29) is 17.3 Å². The van der Waals surface area contributed by atoms with E-state index in [1.165, 1.54) is 18.2 Å². The van der Waals surface area contributed by atoms with Gasteiger partial charge in [-0.15, -0.1) is 0 Å². The first-order valence-electron chi connectivity index (χ1n) is 6.92. The molecule has 21 heavy (non-hydrogen) atoms. The summed E-state index contributed by atoms with van der Waals surface area (Å²) in [6.07, 6.45) is 0.833. The fourth-order valence-corrected chi connectivity index (χ4v) is 2.71. The topological polar surface area (TPSA) is 102 Å². The maximum atomic E-state index is 12.3. The second kappa shape index (κ2) is 6.09. The molecule has 0 radical (unpaired) electrons. The maximum Gasteiger partial charge on any atom is 0.282 e. The fourth-order valence-electron chi connectivity index (χ4n) is 2.71. The largest absolute Gasteiger partial charge is 0.399 e. The SMILES string of the molecule is CC1CN(C)CCC1NC(=O)c1cc(N)ccc1[N+](=O)[O-]. The van der Waals surface area contributed by atoms with Gasteiger partial charge < -0.3 is 16.0 Å². The lowest BCUT2D eigenvalue weighted by molar-refractivity contribution is -0.385. The number of nitro groups is 1. The molecule has 7 nitrogen and oxygen atoms in total. The second-order valence-corrected chi connectivity index (χ2v) is 5.64. The van der Waals surface area contributed by atoms with Crippen LogP contribution in [0.4, 0.5) is 11.4 Å². The molecule has 0 bridgehead atoms.